The molecule has 2 aliphatic carbocycles. The molecule has 0 radical (unpaired) electrons. The molecule has 0 spiro atoms. The average molecular weight is 528 g/mol. The molecule has 2 bridgehead atoms. The normalized spacial score (nSPS) is 28.6. The Bertz CT molecular complexity index is 932. The summed E-state index contributed by atoms with van der Waals surface area (Å²) in [5.74, 6) is 2.79. The van der Waals surface area contributed by atoms with Gasteiger partial charge in [-0.2, -0.15) is 0 Å². The molecule has 0 aromatic heterocycles. The van der Waals surface area contributed by atoms with Gasteiger partial charge in [-0.05, 0) is 122 Å². The van der Waals surface area contributed by atoms with E-state index in [4.69, 9.17) is 4.99 Å². The summed E-state index contributed by atoms with van der Waals surface area (Å²) < 4.78 is 6.05. The Morgan fingerprint density at radius 3 is 1.83 bits per heavy atom. The summed E-state index contributed by atoms with van der Waals surface area (Å²) in [4.78, 5) is 5.81. The number of hydrogen-bond acceptors (Lipinski definition) is 3. The first kappa shape index (κ1) is 28.5. The first-order valence-electron chi connectivity index (χ1n) is 14.6. The predicted molar refractivity (Wildman–Crippen MR) is 163 cm³/mol. The fourth-order valence-corrected chi connectivity index (χ4v) is 19.6. The maximum Gasteiger partial charge on any atom is 0.210 e. The second-order valence-electron chi connectivity index (χ2n) is 15.2. The minimum absolute atomic E-state index is 0.203. The van der Waals surface area contributed by atoms with Crippen molar-refractivity contribution in [3.63, 3.8) is 0 Å². The Hall–Kier alpha value is -0.543. The van der Waals surface area contributed by atoms with Crippen LogP contribution in [0.2, 0.25) is 13.1 Å². The van der Waals surface area contributed by atoms with Gasteiger partial charge in [0.2, 0.25) is 8.40 Å². The molecule has 3 fully saturated rings. The third kappa shape index (κ3) is 5.18. The molecular weight excluding hydrogens is 473 g/mol. The van der Waals surface area contributed by atoms with Crippen LogP contribution < -0.4 is 0 Å². The van der Waals surface area contributed by atoms with Crippen molar-refractivity contribution >= 4 is 28.0 Å². The average Bonchev–Trinajstić information content (AvgIpc) is 3.27. The molecule has 36 heavy (non-hydrogen) atoms. The quantitative estimate of drug-likeness (QED) is 0.271. The van der Waals surface area contributed by atoms with Crippen molar-refractivity contribution in [3.05, 3.63) is 29.3 Å². The third-order valence-electron chi connectivity index (χ3n) is 8.31. The van der Waals surface area contributed by atoms with E-state index in [1.807, 2.05) is 0 Å². The molecule has 4 rings (SSSR count). The number of benzene rings is 1. The van der Waals surface area contributed by atoms with Gasteiger partial charge >= 0.3 is 0 Å². The van der Waals surface area contributed by atoms with Crippen LogP contribution in [0, 0.1) is 23.7 Å². The van der Waals surface area contributed by atoms with E-state index in [0.717, 1.165) is 18.8 Å². The van der Waals surface area contributed by atoms with Crippen molar-refractivity contribution in [1.82, 2.24) is 8.67 Å². The number of rotatable bonds is 6. The van der Waals surface area contributed by atoms with Crippen molar-refractivity contribution in [1.29, 1.82) is 0 Å². The monoisotopic (exact) mass is 527 g/mol. The fourth-order valence-electron chi connectivity index (χ4n) is 7.79. The van der Waals surface area contributed by atoms with Crippen LogP contribution in [0.25, 0.3) is 0 Å². The van der Waals surface area contributed by atoms with Crippen molar-refractivity contribution in [2.75, 3.05) is 0 Å². The molecule has 3 nitrogen and oxygen atoms in total. The maximum atomic E-state index is 5.81. The van der Waals surface area contributed by atoms with Crippen LogP contribution >= 0.6 is 8.22 Å². The summed E-state index contributed by atoms with van der Waals surface area (Å²) in [6, 6.07) is 7.00. The van der Waals surface area contributed by atoms with E-state index >= 15 is 0 Å². The molecule has 3 aliphatic rings. The fraction of sp³-hybridized carbons (Fsp3) is 0.774. The highest BCUT2D eigenvalue weighted by Gasteiger charge is 2.67. The van der Waals surface area contributed by atoms with Gasteiger partial charge in [-0.1, -0.05) is 45.9 Å². The van der Waals surface area contributed by atoms with Crippen LogP contribution in [0.1, 0.15) is 99.6 Å². The first-order valence-corrected chi connectivity index (χ1v) is 18.8. The zero-order chi connectivity index (χ0) is 26.8. The number of para-hydroxylation sites is 1. The van der Waals surface area contributed by atoms with Gasteiger partial charge in [0, 0.05) is 30.7 Å². The molecule has 1 aromatic carbocycles. The topological polar surface area (TPSA) is 18.8 Å². The lowest BCUT2D eigenvalue weighted by molar-refractivity contribution is 0.234. The van der Waals surface area contributed by atoms with E-state index in [9.17, 15) is 0 Å². The highest BCUT2D eigenvalue weighted by molar-refractivity contribution is 7.63. The molecule has 1 aromatic rings. The zero-order valence-corrected chi connectivity index (χ0v) is 27.3. The second-order valence-corrected chi connectivity index (χ2v) is 21.8. The lowest BCUT2D eigenvalue weighted by Gasteiger charge is -2.72. The van der Waals surface area contributed by atoms with Crippen LogP contribution in [0.5, 0.6) is 0 Å². The third-order valence-corrected chi connectivity index (χ3v) is 19.1. The standard InChI is InChI=1S/C31H54N3PSi/c1-21(2)18-23-14-13-15-24(19-22(3)4)27(23)32-28-25-16-17-26(20-25)29(28)35-33(30(5,6)7)36(11,12)34(35)31(8,9)10/h13-15,21-22,25-26,29H,16-20H2,1-12H3/b32-28+. The SMILES string of the molecule is CC(C)Cc1cccc(CC(C)C)c1/N=C1\C2CCC(C2)C1P1N(C(C)(C)C)[Si](C)(C)N1C(C)(C)C. The van der Waals surface area contributed by atoms with E-state index in [0.29, 0.717) is 23.4 Å². The van der Waals surface area contributed by atoms with Crippen molar-refractivity contribution in [2.24, 2.45) is 28.7 Å². The van der Waals surface area contributed by atoms with Crippen LogP contribution in [-0.2, 0) is 12.8 Å². The second kappa shape index (κ2) is 9.89. The van der Waals surface area contributed by atoms with Crippen LogP contribution in [0.3, 0.4) is 0 Å². The van der Waals surface area contributed by atoms with E-state index in [1.165, 1.54) is 36.1 Å². The molecule has 0 N–H and O–H groups in total. The molecule has 1 heterocycles. The molecule has 1 aliphatic heterocycles. The largest absolute Gasteiger partial charge is 0.272 e. The lowest BCUT2D eigenvalue weighted by atomic mass is 9.93. The molecule has 3 unspecified atom stereocenters. The van der Waals surface area contributed by atoms with Gasteiger partial charge in [-0.25, -0.2) is 0 Å². The molecule has 0 amide bonds. The van der Waals surface area contributed by atoms with Crippen molar-refractivity contribution in [3.8, 4) is 0 Å². The number of nitrogens with zero attached hydrogens (tertiary/aromatic N) is 3. The van der Waals surface area contributed by atoms with Gasteiger partial charge in [0.25, 0.3) is 0 Å². The van der Waals surface area contributed by atoms with Gasteiger partial charge in [0.15, 0.2) is 0 Å². The Morgan fingerprint density at radius 2 is 1.39 bits per heavy atom. The van der Waals surface area contributed by atoms with Gasteiger partial charge in [-0.3, -0.25) is 13.7 Å². The molecule has 3 atom stereocenters. The van der Waals surface area contributed by atoms with Crippen LogP contribution in [0.15, 0.2) is 23.2 Å². The summed E-state index contributed by atoms with van der Waals surface area (Å²) in [5.41, 5.74) is 6.87. The van der Waals surface area contributed by atoms with Crippen molar-refractivity contribution < 1.29 is 0 Å². The van der Waals surface area contributed by atoms with Gasteiger partial charge in [0.05, 0.1) is 5.69 Å². The molecule has 202 valence electrons. The predicted octanol–water partition coefficient (Wildman–Crippen LogP) is 9.18. The van der Waals surface area contributed by atoms with E-state index in [-0.39, 0.29) is 11.1 Å². The van der Waals surface area contributed by atoms with E-state index in [2.05, 4.69) is 109 Å². The highest BCUT2D eigenvalue weighted by Crippen LogP contribution is 2.73. The van der Waals surface area contributed by atoms with Crippen molar-refractivity contribution in [2.45, 2.75) is 131 Å². The van der Waals surface area contributed by atoms with E-state index in [1.54, 1.807) is 5.71 Å². The summed E-state index contributed by atoms with van der Waals surface area (Å²) in [7, 11) is -2.08. The number of fused-ring (bicyclic) bond motifs is 2. The Morgan fingerprint density at radius 1 is 0.889 bits per heavy atom. The van der Waals surface area contributed by atoms with Crippen LogP contribution in [-0.4, -0.2) is 39.5 Å². The molecule has 5 heteroatoms. The minimum Gasteiger partial charge on any atom is -0.272 e. The number of hydrogen-bond donors (Lipinski definition) is 0. The Balaban J connectivity index is 1.85. The lowest BCUT2D eigenvalue weighted by Crippen LogP contribution is -2.78. The van der Waals surface area contributed by atoms with Gasteiger partial charge in [-0.15, -0.1) is 0 Å². The Labute approximate surface area is 225 Å². The minimum atomic E-state index is -1.69. The highest BCUT2D eigenvalue weighted by atomic mass is 31.1. The Kier molecular flexibility index (Phi) is 7.82. The van der Waals surface area contributed by atoms with Gasteiger partial charge < -0.3 is 0 Å². The molecule has 1 saturated heterocycles. The van der Waals surface area contributed by atoms with Gasteiger partial charge in [0.1, 0.15) is 0 Å². The molecular formula is C31H54N3PSi. The maximum absolute atomic E-state index is 5.81. The summed E-state index contributed by atoms with van der Waals surface area (Å²) in [6.07, 6.45) is 6.35. The summed E-state index contributed by atoms with van der Waals surface area (Å²) in [6.45, 7) is 29.3. The summed E-state index contributed by atoms with van der Waals surface area (Å²) in [5, 5.41) is 0. The smallest absolute Gasteiger partial charge is 0.210 e. The first-order chi connectivity index (χ1) is 16.5. The zero-order valence-electron chi connectivity index (χ0n) is 25.4. The summed E-state index contributed by atoms with van der Waals surface area (Å²) >= 11 is 0. The van der Waals surface area contributed by atoms with E-state index < -0.39 is 16.6 Å². The van der Waals surface area contributed by atoms with Crippen LogP contribution in [0.4, 0.5) is 5.69 Å². The molecule has 2 saturated carbocycles. The number of aliphatic imine (C=N–C) groups is 1.